The topological polar surface area (TPSA) is 61.7 Å². The zero-order valence-electron chi connectivity index (χ0n) is 11.1. The lowest BCUT2D eigenvalue weighted by molar-refractivity contribution is 0.0954. The molecule has 21 heavy (non-hydrogen) atoms. The fraction of sp³-hybridized carbons (Fsp3) is 0.0667. The van der Waals surface area contributed by atoms with Crippen LogP contribution in [0.4, 0.5) is 0 Å². The van der Waals surface area contributed by atoms with Gasteiger partial charge in [-0.1, -0.05) is 29.8 Å². The van der Waals surface area contributed by atoms with Crippen LogP contribution in [0.5, 0.6) is 5.75 Å². The first-order valence-corrected chi connectivity index (χ1v) is 7.23. The largest absolute Gasteiger partial charge is 0.506 e. The van der Waals surface area contributed by atoms with Gasteiger partial charge in [0, 0.05) is 16.1 Å². The van der Waals surface area contributed by atoms with Crippen molar-refractivity contribution in [3.8, 4) is 5.75 Å². The molecule has 0 heterocycles. The van der Waals surface area contributed by atoms with Gasteiger partial charge in [0.25, 0.3) is 5.91 Å². The molecule has 0 spiro atoms. The second-order valence-corrected chi connectivity index (χ2v) is 5.63. The van der Waals surface area contributed by atoms with Crippen molar-refractivity contribution >= 4 is 39.7 Å². The molecule has 2 N–H and O–H groups in total. The van der Waals surface area contributed by atoms with Crippen LogP contribution in [0.25, 0.3) is 0 Å². The number of halogens is 2. The number of aromatic hydroxyl groups is 1. The Balaban J connectivity index is 2.13. The third-order valence-corrected chi connectivity index (χ3v) is 3.64. The van der Waals surface area contributed by atoms with E-state index in [9.17, 15) is 9.90 Å². The summed E-state index contributed by atoms with van der Waals surface area (Å²) in [6, 6.07) is 10.3. The first kappa shape index (κ1) is 15.5. The Morgan fingerprint density at radius 1 is 1.38 bits per heavy atom. The Morgan fingerprint density at radius 2 is 2.10 bits per heavy atom. The maximum atomic E-state index is 12.0. The molecule has 0 saturated carbocycles. The van der Waals surface area contributed by atoms with Crippen LogP contribution in [0.3, 0.4) is 0 Å². The van der Waals surface area contributed by atoms with Gasteiger partial charge in [0.1, 0.15) is 5.75 Å². The van der Waals surface area contributed by atoms with E-state index in [2.05, 4.69) is 26.5 Å². The molecule has 108 valence electrons. The molecule has 0 unspecified atom stereocenters. The van der Waals surface area contributed by atoms with Gasteiger partial charge >= 0.3 is 0 Å². The third kappa shape index (κ3) is 3.83. The predicted octanol–water partition coefficient (Wildman–Crippen LogP) is 3.88. The lowest BCUT2D eigenvalue weighted by Gasteiger charge is -2.04. The molecular weight excluding hydrogens is 356 g/mol. The number of carbonyl (C=O) groups is 1. The highest BCUT2D eigenvalue weighted by Gasteiger charge is 2.08. The zero-order chi connectivity index (χ0) is 15.4. The van der Waals surface area contributed by atoms with Gasteiger partial charge < -0.3 is 5.11 Å². The van der Waals surface area contributed by atoms with Gasteiger partial charge in [0.15, 0.2) is 0 Å². The second-order valence-electron chi connectivity index (χ2n) is 4.34. The summed E-state index contributed by atoms with van der Waals surface area (Å²) in [6.07, 6.45) is 1.34. The molecule has 1 amide bonds. The van der Waals surface area contributed by atoms with Gasteiger partial charge in [0.05, 0.1) is 10.7 Å². The first-order valence-electron chi connectivity index (χ1n) is 6.06. The Labute approximate surface area is 135 Å². The Hall–Kier alpha value is -1.85. The van der Waals surface area contributed by atoms with Crippen molar-refractivity contribution in [3.63, 3.8) is 0 Å². The summed E-state index contributed by atoms with van der Waals surface area (Å²) >= 11 is 9.07. The van der Waals surface area contributed by atoms with E-state index in [1.165, 1.54) is 6.21 Å². The lowest BCUT2D eigenvalue weighted by Crippen LogP contribution is -2.18. The van der Waals surface area contributed by atoms with Crippen LogP contribution >= 0.6 is 27.5 Å². The molecule has 0 bridgehead atoms. The second kappa shape index (κ2) is 6.74. The number of rotatable bonds is 3. The van der Waals surface area contributed by atoms with Crippen LogP contribution in [-0.2, 0) is 0 Å². The number of nitrogens with one attached hydrogen (secondary N) is 1. The van der Waals surface area contributed by atoms with Crippen molar-refractivity contribution < 1.29 is 9.90 Å². The molecule has 0 aliphatic rings. The van der Waals surface area contributed by atoms with Crippen molar-refractivity contribution in [1.82, 2.24) is 5.43 Å². The molecule has 0 aliphatic heterocycles. The van der Waals surface area contributed by atoms with Gasteiger partial charge in [-0.3, -0.25) is 4.79 Å². The monoisotopic (exact) mass is 366 g/mol. The molecule has 0 fully saturated rings. The summed E-state index contributed by atoms with van der Waals surface area (Å²) in [5, 5.41) is 14.1. The van der Waals surface area contributed by atoms with E-state index in [-0.39, 0.29) is 11.7 Å². The maximum Gasteiger partial charge on any atom is 0.271 e. The average molecular weight is 368 g/mol. The number of amides is 1. The summed E-state index contributed by atoms with van der Waals surface area (Å²) in [5.41, 5.74) is 4.22. The SMILES string of the molecule is Cc1ccccc1C(=O)NN=Cc1cc(Cl)cc(Br)c1O. The van der Waals surface area contributed by atoms with Gasteiger partial charge in [-0.05, 0) is 46.6 Å². The lowest BCUT2D eigenvalue weighted by atomic mass is 10.1. The molecular formula is C15H12BrClN2O2. The van der Waals surface area contributed by atoms with Crippen LogP contribution < -0.4 is 5.43 Å². The van der Waals surface area contributed by atoms with Gasteiger partial charge in [0.2, 0.25) is 0 Å². The van der Waals surface area contributed by atoms with Crippen LogP contribution in [0.2, 0.25) is 5.02 Å². The maximum absolute atomic E-state index is 12.0. The third-order valence-electron chi connectivity index (χ3n) is 2.82. The van der Waals surface area contributed by atoms with E-state index >= 15 is 0 Å². The number of aryl methyl sites for hydroxylation is 1. The van der Waals surface area contributed by atoms with E-state index in [1.54, 1.807) is 24.3 Å². The van der Waals surface area contributed by atoms with E-state index in [1.807, 2.05) is 19.1 Å². The number of nitrogens with zero attached hydrogens (tertiary/aromatic N) is 1. The molecule has 6 heteroatoms. The summed E-state index contributed by atoms with van der Waals surface area (Å²) in [7, 11) is 0. The van der Waals surface area contributed by atoms with Crippen molar-refractivity contribution in [2.75, 3.05) is 0 Å². The molecule has 4 nitrogen and oxygen atoms in total. The smallest absolute Gasteiger partial charge is 0.271 e. The number of hydrazone groups is 1. The Morgan fingerprint density at radius 3 is 2.81 bits per heavy atom. The number of carbonyl (C=O) groups excluding carboxylic acids is 1. The van der Waals surface area contributed by atoms with Crippen molar-refractivity contribution in [3.05, 3.63) is 62.6 Å². The number of phenolic OH excluding ortho intramolecular Hbond substituents is 1. The minimum atomic E-state index is -0.315. The van der Waals surface area contributed by atoms with Crippen LogP contribution in [0.15, 0.2) is 46.0 Å². The van der Waals surface area contributed by atoms with Gasteiger partial charge in [-0.2, -0.15) is 5.10 Å². The van der Waals surface area contributed by atoms with Crippen LogP contribution in [0.1, 0.15) is 21.5 Å². The fourth-order valence-corrected chi connectivity index (χ4v) is 2.57. The Kier molecular flexibility index (Phi) is 4.98. The molecule has 2 aromatic rings. The van der Waals surface area contributed by atoms with E-state index in [0.29, 0.717) is 20.6 Å². The van der Waals surface area contributed by atoms with Gasteiger partial charge in [-0.15, -0.1) is 0 Å². The molecule has 0 radical (unpaired) electrons. The first-order chi connectivity index (χ1) is 9.99. The highest BCUT2D eigenvalue weighted by Crippen LogP contribution is 2.30. The number of hydrogen-bond acceptors (Lipinski definition) is 3. The highest BCUT2D eigenvalue weighted by molar-refractivity contribution is 9.10. The average Bonchev–Trinajstić information content (AvgIpc) is 2.44. The normalized spacial score (nSPS) is 10.8. The van der Waals surface area contributed by atoms with Crippen LogP contribution in [-0.4, -0.2) is 17.2 Å². The van der Waals surface area contributed by atoms with E-state index in [4.69, 9.17) is 11.6 Å². The molecule has 2 aromatic carbocycles. The minimum Gasteiger partial charge on any atom is -0.506 e. The quantitative estimate of drug-likeness (QED) is 0.639. The molecule has 0 saturated heterocycles. The summed E-state index contributed by atoms with van der Waals surface area (Å²) in [6.45, 7) is 1.85. The number of phenols is 1. The Bertz CT molecular complexity index is 717. The zero-order valence-corrected chi connectivity index (χ0v) is 13.4. The fourth-order valence-electron chi connectivity index (χ4n) is 1.73. The van der Waals surface area contributed by atoms with E-state index < -0.39 is 0 Å². The van der Waals surface area contributed by atoms with Gasteiger partial charge in [-0.25, -0.2) is 5.43 Å². The highest BCUT2D eigenvalue weighted by atomic mass is 79.9. The van der Waals surface area contributed by atoms with Crippen molar-refractivity contribution in [2.24, 2.45) is 5.10 Å². The molecule has 0 aliphatic carbocycles. The molecule has 0 aromatic heterocycles. The predicted molar refractivity (Wildman–Crippen MR) is 87.1 cm³/mol. The summed E-state index contributed by atoms with van der Waals surface area (Å²) in [5.74, 6) is -0.307. The van der Waals surface area contributed by atoms with Crippen molar-refractivity contribution in [1.29, 1.82) is 0 Å². The standard InChI is InChI=1S/C15H12BrClN2O2/c1-9-4-2-3-5-12(9)15(21)19-18-8-10-6-11(17)7-13(16)14(10)20/h2-8,20H,1H3,(H,19,21). The summed E-state index contributed by atoms with van der Waals surface area (Å²) < 4.78 is 0.460. The molecule has 2 rings (SSSR count). The summed E-state index contributed by atoms with van der Waals surface area (Å²) in [4.78, 5) is 12.0. The van der Waals surface area contributed by atoms with E-state index in [0.717, 1.165) is 5.56 Å². The minimum absolute atomic E-state index is 0.00768. The molecule has 0 atom stereocenters. The van der Waals surface area contributed by atoms with Crippen molar-refractivity contribution in [2.45, 2.75) is 6.92 Å². The number of benzene rings is 2. The van der Waals surface area contributed by atoms with Crippen LogP contribution in [0, 0.1) is 6.92 Å². The number of hydrogen-bond donors (Lipinski definition) is 2.